The third-order valence-corrected chi connectivity index (χ3v) is 4.10. The number of benzene rings is 3. The van der Waals surface area contributed by atoms with Crippen LogP contribution in [0, 0.1) is 0 Å². The number of hydrogen-bond donors (Lipinski definition) is 1. The molecule has 1 heterocycles. The van der Waals surface area contributed by atoms with E-state index in [0.29, 0.717) is 28.2 Å². The number of fused-ring (bicyclic) bond motifs is 1. The van der Waals surface area contributed by atoms with Crippen molar-refractivity contribution in [3.8, 4) is 0 Å². The van der Waals surface area contributed by atoms with E-state index < -0.39 is 5.97 Å². The summed E-state index contributed by atoms with van der Waals surface area (Å²) in [5.41, 5.74) is 2.45. The van der Waals surface area contributed by atoms with Gasteiger partial charge in [-0.25, -0.2) is 9.78 Å². The summed E-state index contributed by atoms with van der Waals surface area (Å²) < 4.78 is 10.9. The van der Waals surface area contributed by atoms with Crippen LogP contribution in [0.1, 0.15) is 26.6 Å². The number of para-hydroxylation sites is 3. The molecule has 4 rings (SSSR count). The molecule has 1 aromatic heterocycles. The molecule has 0 aliphatic carbocycles. The number of rotatable bonds is 5. The van der Waals surface area contributed by atoms with E-state index in [4.69, 9.17) is 9.15 Å². The highest BCUT2D eigenvalue weighted by molar-refractivity contribution is 6.07. The van der Waals surface area contributed by atoms with Crippen LogP contribution in [-0.4, -0.2) is 16.9 Å². The molecule has 0 saturated heterocycles. The second-order valence-electron chi connectivity index (χ2n) is 6.02. The minimum absolute atomic E-state index is 0.103. The van der Waals surface area contributed by atoms with E-state index in [2.05, 4.69) is 10.3 Å². The molecule has 0 atom stereocenters. The number of nitrogens with one attached hydrogen (secondary N) is 1. The maximum absolute atomic E-state index is 12.5. The van der Waals surface area contributed by atoms with Gasteiger partial charge in [-0.05, 0) is 36.4 Å². The lowest BCUT2D eigenvalue weighted by atomic mass is 10.1. The topological polar surface area (TPSA) is 81.4 Å². The third-order valence-electron chi connectivity index (χ3n) is 4.10. The Balaban J connectivity index is 1.47. The summed E-state index contributed by atoms with van der Waals surface area (Å²) in [5, 5.41) is 2.75. The van der Waals surface area contributed by atoms with Gasteiger partial charge in [0.05, 0.1) is 11.3 Å². The van der Waals surface area contributed by atoms with Gasteiger partial charge in [0.25, 0.3) is 5.91 Å². The second-order valence-corrected chi connectivity index (χ2v) is 6.02. The fourth-order valence-electron chi connectivity index (χ4n) is 2.74. The summed E-state index contributed by atoms with van der Waals surface area (Å²) in [5.74, 6) is -0.577. The molecule has 6 nitrogen and oxygen atoms in total. The minimum atomic E-state index is -0.578. The Labute approximate surface area is 160 Å². The van der Waals surface area contributed by atoms with Gasteiger partial charge < -0.3 is 14.5 Å². The molecule has 0 aliphatic heterocycles. The number of esters is 1. The Morgan fingerprint density at radius 3 is 2.43 bits per heavy atom. The zero-order chi connectivity index (χ0) is 19.3. The fraction of sp³-hybridized carbons (Fsp3) is 0.0455. The zero-order valence-electron chi connectivity index (χ0n) is 14.8. The van der Waals surface area contributed by atoms with E-state index >= 15 is 0 Å². The standard InChI is InChI=1S/C22H16N2O4/c25-21(15-8-2-1-3-9-15)24-17-11-5-4-10-16(17)22(26)27-14-20-23-18-12-6-7-13-19(18)28-20/h1-13H,14H2,(H,24,25). The van der Waals surface area contributed by atoms with Gasteiger partial charge in [0.1, 0.15) is 5.52 Å². The highest BCUT2D eigenvalue weighted by Gasteiger charge is 2.16. The van der Waals surface area contributed by atoms with Crippen LogP contribution in [0.4, 0.5) is 5.69 Å². The van der Waals surface area contributed by atoms with Gasteiger partial charge in [0, 0.05) is 5.56 Å². The van der Waals surface area contributed by atoms with Crippen LogP contribution in [0.2, 0.25) is 0 Å². The van der Waals surface area contributed by atoms with Gasteiger partial charge in [0.15, 0.2) is 12.2 Å². The third kappa shape index (κ3) is 3.76. The maximum Gasteiger partial charge on any atom is 0.340 e. The average molecular weight is 372 g/mol. The number of ether oxygens (including phenoxy) is 1. The summed E-state index contributed by atoms with van der Waals surface area (Å²) in [6.07, 6.45) is 0. The van der Waals surface area contributed by atoms with Gasteiger partial charge in [0.2, 0.25) is 5.89 Å². The molecule has 1 N–H and O–H groups in total. The van der Waals surface area contributed by atoms with E-state index in [-0.39, 0.29) is 18.1 Å². The lowest BCUT2D eigenvalue weighted by molar-refractivity contribution is 0.0441. The Hall–Kier alpha value is -3.93. The number of hydrogen-bond acceptors (Lipinski definition) is 5. The summed E-state index contributed by atoms with van der Waals surface area (Å²) in [4.78, 5) is 29.2. The summed E-state index contributed by atoms with van der Waals surface area (Å²) >= 11 is 0. The van der Waals surface area contributed by atoms with Crippen molar-refractivity contribution in [2.75, 3.05) is 5.32 Å². The predicted molar refractivity (Wildman–Crippen MR) is 104 cm³/mol. The van der Waals surface area contributed by atoms with Crippen molar-refractivity contribution in [3.05, 3.63) is 95.9 Å². The molecule has 0 saturated carbocycles. The number of nitrogens with zero attached hydrogens (tertiary/aromatic N) is 1. The highest BCUT2D eigenvalue weighted by Crippen LogP contribution is 2.19. The Kier molecular flexibility index (Phi) is 4.84. The van der Waals surface area contributed by atoms with E-state index in [9.17, 15) is 9.59 Å². The number of carbonyl (C=O) groups excluding carboxylic acids is 2. The quantitative estimate of drug-likeness (QED) is 0.524. The van der Waals surface area contributed by atoms with Crippen LogP contribution in [0.5, 0.6) is 0 Å². The molecule has 1 amide bonds. The molecule has 0 unspecified atom stereocenters. The molecule has 28 heavy (non-hydrogen) atoms. The number of carbonyl (C=O) groups is 2. The van der Waals surface area contributed by atoms with E-state index in [1.54, 1.807) is 54.6 Å². The largest absolute Gasteiger partial charge is 0.452 e. The predicted octanol–water partition coefficient (Wildman–Crippen LogP) is 4.44. The molecular formula is C22H16N2O4. The molecule has 0 aliphatic rings. The van der Waals surface area contributed by atoms with Crippen LogP contribution in [0.3, 0.4) is 0 Å². The van der Waals surface area contributed by atoms with Crippen LogP contribution in [0.15, 0.2) is 83.3 Å². The first-order valence-corrected chi connectivity index (χ1v) is 8.68. The maximum atomic E-state index is 12.5. The molecule has 0 radical (unpaired) electrons. The van der Waals surface area contributed by atoms with Crippen molar-refractivity contribution in [2.45, 2.75) is 6.61 Å². The Morgan fingerprint density at radius 2 is 1.61 bits per heavy atom. The fourth-order valence-corrected chi connectivity index (χ4v) is 2.74. The van der Waals surface area contributed by atoms with Crippen molar-refractivity contribution >= 4 is 28.7 Å². The van der Waals surface area contributed by atoms with E-state index in [1.165, 1.54) is 0 Å². The molecule has 0 bridgehead atoms. The Bertz CT molecular complexity index is 1100. The minimum Gasteiger partial charge on any atom is -0.452 e. The first kappa shape index (κ1) is 17.5. The molecule has 3 aromatic carbocycles. The van der Waals surface area contributed by atoms with Crippen molar-refractivity contribution in [3.63, 3.8) is 0 Å². The summed E-state index contributed by atoms with van der Waals surface area (Å²) in [7, 11) is 0. The van der Waals surface area contributed by atoms with Gasteiger partial charge in [-0.1, -0.05) is 42.5 Å². The van der Waals surface area contributed by atoms with E-state index in [1.807, 2.05) is 24.3 Å². The monoisotopic (exact) mass is 372 g/mol. The first-order chi connectivity index (χ1) is 13.7. The van der Waals surface area contributed by atoms with Gasteiger partial charge in [-0.3, -0.25) is 4.79 Å². The lowest BCUT2D eigenvalue weighted by Crippen LogP contribution is -2.15. The van der Waals surface area contributed by atoms with Crippen molar-refractivity contribution < 1.29 is 18.7 Å². The van der Waals surface area contributed by atoms with Crippen molar-refractivity contribution in [1.29, 1.82) is 0 Å². The Morgan fingerprint density at radius 1 is 0.893 bits per heavy atom. The molecule has 138 valence electrons. The molecule has 6 heteroatoms. The summed E-state index contributed by atoms with van der Waals surface area (Å²) in [6.45, 7) is -0.103. The number of anilines is 1. The smallest absolute Gasteiger partial charge is 0.340 e. The second kappa shape index (κ2) is 7.75. The average Bonchev–Trinajstić information content (AvgIpc) is 3.16. The van der Waals surface area contributed by atoms with Crippen LogP contribution in [-0.2, 0) is 11.3 Å². The zero-order valence-corrected chi connectivity index (χ0v) is 14.8. The number of amides is 1. The molecule has 0 fully saturated rings. The number of oxazole rings is 1. The normalized spacial score (nSPS) is 10.6. The molecular weight excluding hydrogens is 356 g/mol. The van der Waals surface area contributed by atoms with Crippen molar-refractivity contribution in [2.24, 2.45) is 0 Å². The van der Waals surface area contributed by atoms with Crippen LogP contribution in [0.25, 0.3) is 11.1 Å². The van der Waals surface area contributed by atoms with Crippen LogP contribution < -0.4 is 5.32 Å². The summed E-state index contributed by atoms with van der Waals surface area (Å²) in [6, 6.07) is 22.8. The number of aromatic nitrogens is 1. The lowest BCUT2D eigenvalue weighted by Gasteiger charge is -2.10. The first-order valence-electron chi connectivity index (χ1n) is 8.68. The molecule has 0 spiro atoms. The van der Waals surface area contributed by atoms with Gasteiger partial charge in [-0.2, -0.15) is 0 Å². The van der Waals surface area contributed by atoms with Gasteiger partial charge >= 0.3 is 5.97 Å². The van der Waals surface area contributed by atoms with Gasteiger partial charge in [-0.15, -0.1) is 0 Å². The van der Waals surface area contributed by atoms with Crippen molar-refractivity contribution in [1.82, 2.24) is 4.98 Å². The highest BCUT2D eigenvalue weighted by atomic mass is 16.5. The molecule has 4 aromatic rings. The van der Waals surface area contributed by atoms with E-state index in [0.717, 1.165) is 0 Å². The SMILES string of the molecule is O=C(Nc1ccccc1C(=O)OCc1nc2ccccc2o1)c1ccccc1. The van der Waals surface area contributed by atoms with Crippen LogP contribution >= 0.6 is 0 Å².